The molecule has 1 fully saturated rings. The minimum atomic E-state index is -1.02. The predicted molar refractivity (Wildman–Crippen MR) is 114 cm³/mol. The van der Waals surface area contributed by atoms with E-state index in [1.165, 1.54) is 9.80 Å². The summed E-state index contributed by atoms with van der Waals surface area (Å²) in [5, 5.41) is 14.7. The molecule has 0 aromatic rings. The maximum Gasteiger partial charge on any atom is 0.322 e. The van der Waals surface area contributed by atoms with Gasteiger partial charge in [-0.3, -0.25) is 19.2 Å². The number of hydrogen-bond acceptors (Lipinski definition) is 5. The highest BCUT2D eigenvalue weighted by Crippen LogP contribution is 2.13. The van der Waals surface area contributed by atoms with Gasteiger partial charge in [0, 0.05) is 33.1 Å². The van der Waals surface area contributed by atoms with Crippen molar-refractivity contribution in [1.82, 2.24) is 20.4 Å². The molecule has 3 atom stereocenters. The molecule has 0 radical (unpaired) electrons. The van der Waals surface area contributed by atoms with E-state index in [0.29, 0.717) is 19.5 Å². The van der Waals surface area contributed by atoms with Gasteiger partial charge in [-0.2, -0.15) is 0 Å². The summed E-state index contributed by atoms with van der Waals surface area (Å²) in [6.07, 6.45) is 4.61. The smallest absolute Gasteiger partial charge is 0.322 e. The average molecular weight is 425 g/mol. The first kappa shape index (κ1) is 25.6. The molecule has 1 rings (SSSR count). The van der Waals surface area contributed by atoms with Gasteiger partial charge in [0.25, 0.3) is 0 Å². The number of rotatable bonds is 11. The third kappa shape index (κ3) is 7.44. The van der Waals surface area contributed by atoms with Crippen molar-refractivity contribution in [2.75, 3.05) is 26.7 Å². The van der Waals surface area contributed by atoms with Gasteiger partial charge in [-0.1, -0.05) is 19.9 Å². The Morgan fingerprint density at radius 3 is 2.50 bits per heavy atom. The molecule has 0 aliphatic carbocycles. The Morgan fingerprint density at radius 1 is 1.27 bits per heavy atom. The van der Waals surface area contributed by atoms with E-state index in [-0.39, 0.29) is 24.3 Å². The van der Waals surface area contributed by atoms with Crippen LogP contribution in [0, 0.1) is 5.92 Å². The van der Waals surface area contributed by atoms with Crippen LogP contribution in [-0.2, 0) is 19.2 Å². The summed E-state index contributed by atoms with van der Waals surface area (Å²) in [4.78, 5) is 52.2. The van der Waals surface area contributed by atoms with Crippen molar-refractivity contribution in [3.05, 3.63) is 12.7 Å². The molecule has 30 heavy (non-hydrogen) atoms. The monoisotopic (exact) mass is 424 g/mol. The third-order valence-corrected chi connectivity index (χ3v) is 5.27. The third-order valence-electron chi connectivity index (χ3n) is 5.27. The molecule has 0 aromatic carbocycles. The molecule has 0 aromatic heterocycles. The molecule has 3 amide bonds. The number of carboxylic acid groups (broad SMARTS) is 1. The first-order valence-corrected chi connectivity index (χ1v) is 10.5. The molecule has 0 bridgehead atoms. The van der Waals surface area contributed by atoms with Gasteiger partial charge < -0.3 is 25.5 Å². The van der Waals surface area contributed by atoms with Gasteiger partial charge >= 0.3 is 5.97 Å². The van der Waals surface area contributed by atoms with Crippen LogP contribution in [0.3, 0.4) is 0 Å². The van der Waals surface area contributed by atoms with E-state index in [2.05, 4.69) is 17.2 Å². The Labute approximate surface area is 178 Å². The van der Waals surface area contributed by atoms with Crippen LogP contribution in [0.5, 0.6) is 0 Å². The topological polar surface area (TPSA) is 119 Å². The quantitative estimate of drug-likeness (QED) is 0.330. The molecule has 3 N–H and O–H groups in total. The summed E-state index contributed by atoms with van der Waals surface area (Å²) in [5.41, 5.74) is 0. The van der Waals surface area contributed by atoms with Crippen LogP contribution in [0.1, 0.15) is 46.5 Å². The van der Waals surface area contributed by atoms with Crippen molar-refractivity contribution >= 4 is 23.7 Å². The molecule has 1 aliphatic heterocycles. The molecule has 170 valence electrons. The molecular weight excluding hydrogens is 388 g/mol. The molecule has 9 heteroatoms. The molecule has 0 saturated carbocycles. The number of likely N-dealkylation sites (N-methyl/N-ethyl adjacent to an activating group) is 1. The van der Waals surface area contributed by atoms with E-state index in [1.54, 1.807) is 14.0 Å². The highest BCUT2D eigenvalue weighted by molar-refractivity contribution is 5.92. The van der Waals surface area contributed by atoms with Gasteiger partial charge in [0.1, 0.15) is 18.1 Å². The van der Waals surface area contributed by atoms with E-state index in [4.69, 9.17) is 5.11 Å². The van der Waals surface area contributed by atoms with Crippen LogP contribution in [0.15, 0.2) is 12.7 Å². The van der Waals surface area contributed by atoms with Gasteiger partial charge in [-0.25, -0.2) is 0 Å². The zero-order chi connectivity index (χ0) is 22.8. The number of carbonyl (C=O) groups excluding carboxylic acids is 3. The molecule has 1 heterocycles. The second-order valence-corrected chi connectivity index (χ2v) is 8.09. The lowest BCUT2D eigenvalue weighted by atomic mass is 10.0. The first-order valence-electron chi connectivity index (χ1n) is 10.5. The summed E-state index contributed by atoms with van der Waals surface area (Å²) >= 11 is 0. The van der Waals surface area contributed by atoms with Gasteiger partial charge in [0.05, 0.1) is 0 Å². The van der Waals surface area contributed by atoms with Crippen LogP contribution < -0.4 is 10.6 Å². The maximum atomic E-state index is 12.9. The van der Waals surface area contributed by atoms with Crippen molar-refractivity contribution in [2.24, 2.45) is 5.92 Å². The number of unbranched alkanes of at least 4 members (excludes halogenated alkanes) is 2. The van der Waals surface area contributed by atoms with Crippen molar-refractivity contribution < 1.29 is 24.3 Å². The van der Waals surface area contributed by atoms with Gasteiger partial charge in [-0.05, 0) is 32.1 Å². The lowest BCUT2D eigenvalue weighted by molar-refractivity contribution is -0.145. The Hall–Kier alpha value is -2.42. The number of aliphatic carboxylic acids is 1. The Bertz CT molecular complexity index is 637. The van der Waals surface area contributed by atoms with E-state index in [1.807, 2.05) is 19.9 Å². The highest BCUT2D eigenvalue weighted by Gasteiger charge is 2.34. The van der Waals surface area contributed by atoms with Crippen LogP contribution in [0.4, 0.5) is 0 Å². The van der Waals surface area contributed by atoms with E-state index >= 15 is 0 Å². The summed E-state index contributed by atoms with van der Waals surface area (Å²) in [5.74, 6) is -1.99. The fourth-order valence-electron chi connectivity index (χ4n) is 3.57. The van der Waals surface area contributed by atoms with Crippen LogP contribution in [0.2, 0.25) is 0 Å². The summed E-state index contributed by atoms with van der Waals surface area (Å²) < 4.78 is 0. The number of piperazine rings is 1. The van der Waals surface area contributed by atoms with E-state index in [9.17, 15) is 19.2 Å². The van der Waals surface area contributed by atoms with Crippen molar-refractivity contribution in [1.29, 1.82) is 0 Å². The van der Waals surface area contributed by atoms with Crippen LogP contribution in [-0.4, -0.2) is 83.4 Å². The lowest BCUT2D eigenvalue weighted by Crippen LogP contribution is -2.60. The number of nitrogens with one attached hydrogen (secondary N) is 2. The Kier molecular flexibility index (Phi) is 10.5. The number of carbonyl (C=O) groups is 4. The van der Waals surface area contributed by atoms with E-state index < -0.39 is 30.0 Å². The van der Waals surface area contributed by atoms with Crippen molar-refractivity contribution in [3.8, 4) is 0 Å². The average Bonchev–Trinajstić information content (AvgIpc) is 2.70. The predicted octanol–water partition coefficient (Wildman–Crippen LogP) is 0.606. The highest BCUT2D eigenvalue weighted by atomic mass is 16.4. The number of amides is 3. The largest absolute Gasteiger partial charge is 0.480 e. The standard InChI is InChI=1S/C21H36N4O5/c1-6-7-8-9-10-17(26)24(5)18(14(2)3)19(27)23-15(4)20(28)25-12-11-22-16(13-25)21(29)30/h6,14-16,18,22H,1,7-13H2,2-5H3,(H,23,27)(H,29,30)/t15-,16-,18-/m0/s1. The number of nitrogens with zero attached hydrogens (tertiary/aromatic N) is 2. The summed E-state index contributed by atoms with van der Waals surface area (Å²) in [6, 6.07) is -2.33. The zero-order valence-electron chi connectivity index (χ0n) is 18.5. The minimum absolute atomic E-state index is 0.0467. The van der Waals surface area contributed by atoms with Gasteiger partial charge in [0.15, 0.2) is 0 Å². The van der Waals surface area contributed by atoms with E-state index in [0.717, 1.165) is 19.3 Å². The minimum Gasteiger partial charge on any atom is -0.480 e. The fraction of sp³-hybridized carbons (Fsp3) is 0.714. The zero-order valence-corrected chi connectivity index (χ0v) is 18.5. The van der Waals surface area contributed by atoms with Crippen LogP contribution >= 0.6 is 0 Å². The normalized spacial score (nSPS) is 18.4. The maximum absolute atomic E-state index is 12.9. The van der Waals surface area contributed by atoms with Gasteiger partial charge in [0.2, 0.25) is 17.7 Å². The molecule has 9 nitrogen and oxygen atoms in total. The lowest BCUT2D eigenvalue weighted by Gasteiger charge is -2.35. The van der Waals surface area contributed by atoms with Crippen molar-refractivity contribution in [3.63, 3.8) is 0 Å². The number of allylic oxidation sites excluding steroid dienone is 1. The van der Waals surface area contributed by atoms with Crippen LogP contribution in [0.25, 0.3) is 0 Å². The number of carboxylic acids is 1. The molecule has 0 spiro atoms. The molecule has 0 unspecified atom stereocenters. The van der Waals surface area contributed by atoms with Crippen molar-refractivity contribution in [2.45, 2.75) is 64.6 Å². The first-order chi connectivity index (χ1) is 14.1. The number of hydrogen-bond donors (Lipinski definition) is 3. The molecule has 1 saturated heterocycles. The second kappa shape index (κ2) is 12.3. The Morgan fingerprint density at radius 2 is 1.93 bits per heavy atom. The van der Waals surface area contributed by atoms with Gasteiger partial charge in [-0.15, -0.1) is 6.58 Å². The Balaban J connectivity index is 2.70. The fourth-order valence-corrected chi connectivity index (χ4v) is 3.57. The second-order valence-electron chi connectivity index (χ2n) is 8.09. The molecule has 1 aliphatic rings. The SMILES string of the molecule is C=CCCCCC(=O)N(C)[C@H](C(=O)N[C@@H](C)C(=O)N1CCN[C@H](C(=O)O)C1)C(C)C. The summed E-state index contributed by atoms with van der Waals surface area (Å²) in [6.45, 7) is 9.74. The molecular formula is C21H36N4O5. The summed E-state index contributed by atoms with van der Waals surface area (Å²) in [7, 11) is 1.61.